The van der Waals surface area contributed by atoms with Gasteiger partial charge >= 0.3 is 0 Å². The van der Waals surface area contributed by atoms with Crippen molar-refractivity contribution in [1.29, 1.82) is 0 Å². The first-order valence-electron chi connectivity index (χ1n) is 5.41. The van der Waals surface area contributed by atoms with Crippen LogP contribution in [-0.2, 0) is 4.74 Å². The van der Waals surface area contributed by atoms with Crippen LogP contribution < -0.4 is 0 Å². The Bertz CT molecular complexity index is 166. The summed E-state index contributed by atoms with van der Waals surface area (Å²) in [5, 5.41) is 8.65. The zero-order valence-corrected chi connectivity index (χ0v) is 9.92. The van der Waals surface area contributed by atoms with Gasteiger partial charge in [-0.1, -0.05) is 32.4 Å². The van der Waals surface area contributed by atoms with E-state index in [-0.39, 0.29) is 12.2 Å². The first-order valence-corrected chi connectivity index (χ1v) is 5.41. The van der Waals surface area contributed by atoms with E-state index in [1.54, 1.807) is 13.2 Å². The van der Waals surface area contributed by atoms with E-state index >= 15 is 0 Å². The second-order valence-electron chi connectivity index (χ2n) is 4.06. The number of hydrogen-bond donors (Lipinski definition) is 1. The molecule has 0 spiro atoms. The molecule has 0 aromatic carbocycles. The minimum absolute atomic E-state index is 0.0956. The van der Waals surface area contributed by atoms with Gasteiger partial charge in [-0.3, -0.25) is 0 Å². The molecule has 0 saturated carbocycles. The van der Waals surface area contributed by atoms with Gasteiger partial charge in [0.05, 0.1) is 12.2 Å². The van der Waals surface area contributed by atoms with Crippen molar-refractivity contribution < 1.29 is 9.84 Å². The molecular formula is C12H24O2. The summed E-state index contributed by atoms with van der Waals surface area (Å²) in [5.74, 6) is 0.542. The summed E-state index contributed by atoms with van der Waals surface area (Å²) in [7, 11) is 1.76. The van der Waals surface area contributed by atoms with Crippen LogP contribution in [0.5, 0.6) is 0 Å². The molecule has 2 unspecified atom stereocenters. The highest BCUT2D eigenvalue weighted by atomic mass is 16.5. The fourth-order valence-corrected chi connectivity index (χ4v) is 1.62. The van der Waals surface area contributed by atoms with Crippen LogP contribution in [0.2, 0.25) is 0 Å². The van der Waals surface area contributed by atoms with Gasteiger partial charge in [0.2, 0.25) is 0 Å². The molecule has 0 aliphatic rings. The Kier molecular flexibility index (Phi) is 6.85. The molecule has 0 rings (SSSR count). The van der Waals surface area contributed by atoms with Gasteiger partial charge in [0, 0.05) is 7.11 Å². The summed E-state index contributed by atoms with van der Waals surface area (Å²) in [6.07, 6.45) is 7.00. The summed E-state index contributed by atoms with van der Waals surface area (Å²) in [5.41, 5.74) is -0.0956. The zero-order chi connectivity index (χ0) is 11.0. The van der Waals surface area contributed by atoms with Crippen LogP contribution in [0.1, 0.15) is 40.0 Å². The average Bonchev–Trinajstić information content (AvgIpc) is 2.18. The maximum absolute atomic E-state index is 8.65. The molecule has 0 heterocycles. The molecule has 84 valence electrons. The minimum atomic E-state index is -0.0956. The number of rotatable bonds is 7. The number of methoxy groups -OCH3 is 1. The predicted molar refractivity (Wildman–Crippen MR) is 60.3 cm³/mol. The number of hydrogen-bond acceptors (Lipinski definition) is 2. The maximum atomic E-state index is 8.65. The molecule has 0 amide bonds. The lowest BCUT2D eigenvalue weighted by atomic mass is 9.84. The van der Waals surface area contributed by atoms with Crippen LogP contribution in [0.15, 0.2) is 12.2 Å². The van der Waals surface area contributed by atoms with Crippen molar-refractivity contribution in [1.82, 2.24) is 0 Å². The third-order valence-electron chi connectivity index (χ3n) is 3.03. The van der Waals surface area contributed by atoms with Gasteiger partial charge in [-0.15, -0.1) is 0 Å². The Morgan fingerprint density at radius 2 is 2.07 bits per heavy atom. The van der Waals surface area contributed by atoms with Crippen molar-refractivity contribution in [2.45, 2.75) is 45.6 Å². The van der Waals surface area contributed by atoms with E-state index in [0.717, 1.165) is 6.42 Å². The molecule has 0 bridgehead atoms. The van der Waals surface area contributed by atoms with Gasteiger partial charge in [-0.2, -0.15) is 0 Å². The van der Waals surface area contributed by atoms with E-state index in [4.69, 9.17) is 9.84 Å². The Balaban J connectivity index is 4.22. The van der Waals surface area contributed by atoms with Crippen LogP contribution >= 0.6 is 0 Å². The third-order valence-corrected chi connectivity index (χ3v) is 3.03. The molecule has 2 nitrogen and oxygen atoms in total. The van der Waals surface area contributed by atoms with E-state index in [1.165, 1.54) is 12.8 Å². The minimum Gasteiger partial charge on any atom is -0.392 e. The summed E-state index contributed by atoms with van der Waals surface area (Å²) in [6.45, 7) is 6.66. The standard InChI is InChI=1S/C12H24O2/c1-5-8-11(2)12(3,14-4)9-6-7-10-13/h6-7,11,13H,5,8-10H2,1-4H3. The molecule has 0 aromatic rings. The van der Waals surface area contributed by atoms with E-state index in [0.29, 0.717) is 5.92 Å². The fourth-order valence-electron chi connectivity index (χ4n) is 1.62. The van der Waals surface area contributed by atoms with Crippen LogP contribution in [0, 0.1) is 5.92 Å². The van der Waals surface area contributed by atoms with E-state index in [9.17, 15) is 0 Å². The number of aliphatic hydroxyl groups excluding tert-OH is 1. The molecule has 0 aliphatic heterocycles. The number of ether oxygens (including phenoxy) is 1. The van der Waals surface area contributed by atoms with Gasteiger partial charge in [-0.05, 0) is 25.7 Å². The lowest BCUT2D eigenvalue weighted by Crippen LogP contribution is -2.34. The largest absolute Gasteiger partial charge is 0.392 e. The lowest BCUT2D eigenvalue weighted by molar-refractivity contribution is -0.0380. The van der Waals surface area contributed by atoms with Crippen molar-refractivity contribution in [2.75, 3.05) is 13.7 Å². The Morgan fingerprint density at radius 1 is 1.43 bits per heavy atom. The molecule has 14 heavy (non-hydrogen) atoms. The second-order valence-corrected chi connectivity index (χ2v) is 4.06. The highest BCUT2D eigenvalue weighted by Gasteiger charge is 2.28. The molecule has 1 N–H and O–H groups in total. The lowest BCUT2D eigenvalue weighted by Gasteiger charge is -2.33. The summed E-state index contributed by atoms with van der Waals surface area (Å²) in [4.78, 5) is 0. The third kappa shape index (κ3) is 4.25. The fraction of sp³-hybridized carbons (Fsp3) is 0.833. The monoisotopic (exact) mass is 200 g/mol. The quantitative estimate of drug-likeness (QED) is 0.640. The molecule has 0 aliphatic carbocycles. The first kappa shape index (κ1) is 13.7. The maximum Gasteiger partial charge on any atom is 0.0710 e. The van der Waals surface area contributed by atoms with Gasteiger partial charge in [0.15, 0.2) is 0 Å². The van der Waals surface area contributed by atoms with Gasteiger partial charge < -0.3 is 9.84 Å². The zero-order valence-electron chi connectivity index (χ0n) is 9.92. The first-order chi connectivity index (χ1) is 6.60. The topological polar surface area (TPSA) is 29.5 Å². The molecule has 2 heteroatoms. The van der Waals surface area contributed by atoms with E-state index < -0.39 is 0 Å². The van der Waals surface area contributed by atoms with Crippen molar-refractivity contribution >= 4 is 0 Å². The molecule has 0 aromatic heterocycles. The Hall–Kier alpha value is -0.340. The highest BCUT2D eigenvalue weighted by molar-refractivity contribution is 4.92. The Morgan fingerprint density at radius 3 is 2.50 bits per heavy atom. The second kappa shape index (κ2) is 7.02. The Labute approximate surface area is 88.0 Å². The van der Waals surface area contributed by atoms with Crippen LogP contribution in [0.25, 0.3) is 0 Å². The van der Waals surface area contributed by atoms with Gasteiger partial charge in [0.1, 0.15) is 0 Å². The van der Waals surface area contributed by atoms with E-state index in [2.05, 4.69) is 20.8 Å². The van der Waals surface area contributed by atoms with Crippen molar-refractivity contribution in [3.8, 4) is 0 Å². The molecular weight excluding hydrogens is 176 g/mol. The molecule has 0 radical (unpaired) electrons. The molecule has 0 saturated heterocycles. The highest BCUT2D eigenvalue weighted by Crippen LogP contribution is 2.28. The summed E-state index contributed by atoms with van der Waals surface area (Å²) < 4.78 is 5.57. The van der Waals surface area contributed by atoms with Crippen molar-refractivity contribution in [3.05, 3.63) is 12.2 Å². The van der Waals surface area contributed by atoms with Gasteiger partial charge in [-0.25, -0.2) is 0 Å². The van der Waals surface area contributed by atoms with E-state index in [1.807, 2.05) is 6.08 Å². The normalized spacial score (nSPS) is 18.4. The molecule has 0 fully saturated rings. The van der Waals surface area contributed by atoms with Crippen LogP contribution in [0.3, 0.4) is 0 Å². The predicted octanol–water partition coefficient (Wildman–Crippen LogP) is 2.77. The van der Waals surface area contributed by atoms with Crippen molar-refractivity contribution in [2.24, 2.45) is 5.92 Å². The molecule has 2 atom stereocenters. The average molecular weight is 200 g/mol. The number of aliphatic hydroxyl groups is 1. The summed E-state index contributed by atoms with van der Waals surface area (Å²) in [6, 6.07) is 0. The van der Waals surface area contributed by atoms with Crippen LogP contribution in [0.4, 0.5) is 0 Å². The SMILES string of the molecule is CCCC(C)C(C)(CC=CCO)OC. The summed E-state index contributed by atoms with van der Waals surface area (Å²) >= 11 is 0. The van der Waals surface area contributed by atoms with Gasteiger partial charge in [0.25, 0.3) is 0 Å². The van der Waals surface area contributed by atoms with Crippen LogP contribution in [-0.4, -0.2) is 24.4 Å². The van der Waals surface area contributed by atoms with Crippen molar-refractivity contribution in [3.63, 3.8) is 0 Å². The smallest absolute Gasteiger partial charge is 0.0710 e.